The molecule has 1 heteroatoms. The van der Waals surface area contributed by atoms with Crippen LogP contribution >= 0.6 is 12.6 Å². The zero-order valence-corrected chi connectivity index (χ0v) is 13.1. The highest BCUT2D eigenvalue weighted by molar-refractivity contribution is 7.81. The number of benzene rings is 2. The molecular formula is C20H20S. The number of allylic oxidation sites excluding steroid dienone is 4. The minimum absolute atomic E-state index is 0.497. The van der Waals surface area contributed by atoms with E-state index in [1.165, 1.54) is 0 Å². The van der Waals surface area contributed by atoms with Crippen LogP contribution in [0.2, 0.25) is 0 Å². The van der Waals surface area contributed by atoms with Gasteiger partial charge in [0.25, 0.3) is 0 Å². The van der Waals surface area contributed by atoms with Gasteiger partial charge in [-0.2, -0.15) is 12.6 Å². The molecule has 2 rings (SSSR count). The van der Waals surface area contributed by atoms with E-state index in [1.807, 2.05) is 61.5 Å². The molecule has 0 N–H and O–H groups in total. The normalized spacial score (nSPS) is 12.6. The average molecular weight is 292 g/mol. The fraction of sp³-hybridized carbons (Fsp3) is 0.100. The van der Waals surface area contributed by atoms with Gasteiger partial charge in [-0.3, -0.25) is 0 Å². The summed E-state index contributed by atoms with van der Waals surface area (Å²) >= 11 is 5.09. The SMILES string of the molecule is C=C/C=C(\C=C/C)C(S)(c1ccccc1)c1ccccc1. The third kappa shape index (κ3) is 3.20. The Hall–Kier alpha value is -1.99. The second-order valence-corrected chi connectivity index (χ2v) is 5.47. The maximum absolute atomic E-state index is 5.09. The first-order chi connectivity index (χ1) is 10.2. The third-order valence-corrected chi connectivity index (χ3v) is 4.22. The Balaban J connectivity index is 2.70. The van der Waals surface area contributed by atoms with Gasteiger partial charge in [-0.25, -0.2) is 0 Å². The lowest BCUT2D eigenvalue weighted by atomic mass is 9.83. The van der Waals surface area contributed by atoms with Gasteiger partial charge in [0.1, 0.15) is 0 Å². The molecule has 2 aromatic carbocycles. The van der Waals surface area contributed by atoms with Crippen LogP contribution in [0.4, 0.5) is 0 Å². The molecule has 21 heavy (non-hydrogen) atoms. The molecule has 0 saturated carbocycles. The van der Waals surface area contributed by atoms with Crippen molar-refractivity contribution < 1.29 is 0 Å². The van der Waals surface area contributed by atoms with Gasteiger partial charge in [0, 0.05) is 0 Å². The summed E-state index contributed by atoms with van der Waals surface area (Å²) in [6.07, 6.45) is 7.96. The van der Waals surface area contributed by atoms with Crippen LogP contribution in [0, 0.1) is 0 Å². The van der Waals surface area contributed by atoms with E-state index in [9.17, 15) is 0 Å². The number of hydrogen-bond acceptors (Lipinski definition) is 1. The number of thiol groups is 1. The fourth-order valence-electron chi connectivity index (χ4n) is 2.46. The lowest BCUT2D eigenvalue weighted by molar-refractivity contribution is 0.903. The Morgan fingerprint density at radius 3 is 1.81 bits per heavy atom. The average Bonchev–Trinajstić information content (AvgIpc) is 2.55. The molecule has 0 radical (unpaired) electrons. The van der Waals surface area contributed by atoms with Gasteiger partial charge in [0.05, 0.1) is 4.75 Å². The van der Waals surface area contributed by atoms with Gasteiger partial charge in [0.2, 0.25) is 0 Å². The summed E-state index contributed by atoms with van der Waals surface area (Å²) in [5.74, 6) is 0. The maximum Gasteiger partial charge on any atom is 0.0878 e. The van der Waals surface area contributed by atoms with Crippen LogP contribution in [0.3, 0.4) is 0 Å². The highest BCUT2D eigenvalue weighted by Gasteiger charge is 2.32. The predicted molar refractivity (Wildman–Crippen MR) is 95.7 cm³/mol. The molecule has 0 bridgehead atoms. The zero-order chi connectivity index (χ0) is 15.1. The number of rotatable bonds is 5. The first-order valence-corrected chi connectivity index (χ1v) is 7.47. The second-order valence-electron chi connectivity index (χ2n) is 4.80. The molecule has 0 aliphatic heterocycles. The first kappa shape index (κ1) is 15.4. The molecule has 0 unspecified atom stereocenters. The zero-order valence-electron chi connectivity index (χ0n) is 12.2. The molecule has 0 aromatic heterocycles. The largest absolute Gasteiger partial charge is 0.158 e. The van der Waals surface area contributed by atoms with Crippen molar-refractivity contribution in [3.05, 3.63) is 108 Å². The van der Waals surface area contributed by atoms with Gasteiger partial charge in [-0.15, -0.1) is 0 Å². The highest BCUT2D eigenvalue weighted by atomic mass is 32.1. The van der Waals surface area contributed by atoms with Crippen molar-refractivity contribution in [2.45, 2.75) is 11.7 Å². The molecule has 0 spiro atoms. The van der Waals surface area contributed by atoms with Gasteiger partial charge in [-0.1, -0.05) is 91.5 Å². The summed E-state index contributed by atoms with van der Waals surface area (Å²) in [7, 11) is 0. The minimum Gasteiger partial charge on any atom is -0.158 e. The minimum atomic E-state index is -0.497. The fourth-order valence-corrected chi connectivity index (χ4v) is 2.91. The van der Waals surface area contributed by atoms with Crippen LogP contribution < -0.4 is 0 Å². The summed E-state index contributed by atoms with van der Waals surface area (Å²) in [5, 5.41) is 0. The summed E-state index contributed by atoms with van der Waals surface area (Å²) in [4.78, 5) is 0. The topological polar surface area (TPSA) is 0 Å². The van der Waals surface area contributed by atoms with Crippen LogP contribution in [-0.2, 0) is 4.75 Å². The lowest BCUT2D eigenvalue weighted by Crippen LogP contribution is -2.22. The van der Waals surface area contributed by atoms with Crippen LogP contribution in [0.5, 0.6) is 0 Å². The molecular weight excluding hydrogens is 272 g/mol. The van der Waals surface area contributed by atoms with Crippen LogP contribution in [0.1, 0.15) is 18.1 Å². The van der Waals surface area contributed by atoms with Crippen molar-refractivity contribution in [2.75, 3.05) is 0 Å². The summed E-state index contributed by atoms with van der Waals surface area (Å²) in [5.41, 5.74) is 3.39. The molecule has 106 valence electrons. The molecule has 0 fully saturated rings. The van der Waals surface area contributed by atoms with E-state index in [4.69, 9.17) is 12.6 Å². The summed E-state index contributed by atoms with van der Waals surface area (Å²) < 4.78 is -0.497. The molecule has 0 aliphatic carbocycles. The van der Waals surface area contributed by atoms with Crippen molar-refractivity contribution in [1.29, 1.82) is 0 Å². The Morgan fingerprint density at radius 2 is 1.43 bits per heavy atom. The molecule has 0 saturated heterocycles. The van der Waals surface area contributed by atoms with E-state index in [1.54, 1.807) is 0 Å². The van der Waals surface area contributed by atoms with Crippen molar-refractivity contribution in [1.82, 2.24) is 0 Å². The molecule has 0 heterocycles. The van der Waals surface area contributed by atoms with Gasteiger partial charge >= 0.3 is 0 Å². The Morgan fingerprint density at radius 1 is 0.952 bits per heavy atom. The van der Waals surface area contributed by atoms with Crippen molar-refractivity contribution in [2.24, 2.45) is 0 Å². The van der Waals surface area contributed by atoms with E-state index in [0.29, 0.717) is 0 Å². The predicted octanol–water partition coefficient (Wildman–Crippen LogP) is 5.55. The molecule has 0 atom stereocenters. The lowest BCUT2D eigenvalue weighted by Gasteiger charge is -2.31. The summed E-state index contributed by atoms with van der Waals surface area (Å²) in [6, 6.07) is 20.7. The quantitative estimate of drug-likeness (QED) is 0.542. The van der Waals surface area contributed by atoms with Crippen LogP contribution in [0.15, 0.2) is 97.1 Å². The highest BCUT2D eigenvalue weighted by Crippen LogP contribution is 2.43. The van der Waals surface area contributed by atoms with Gasteiger partial charge < -0.3 is 0 Å². The van der Waals surface area contributed by atoms with E-state index >= 15 is 0 Å². The Kier molecular flexibility index (Phi) is 5.24. The first-order valence-electron chi connectivity index (χ1n) is 7.02. The van der Waals surface area contributed by atoms with Crippen molar-refractivity contribution in [3.8, 4) is 0 Å². The van der Waals surface area contributed by atoms with Crippen molar-refractivity contribution >= 4 is 12.6 Å². The molecule has 0 aliphatic rings. The number of hydrogen-bond donors (Lipinski definition) is 1. The van der Waals surface area contributed by atoms with Crippen molar-refractivity contribution in [3.63, 3.8) is 0 Å². The summed E-state index contributed by atoms with van der Waals surface area (Å²) in [6.45, 7) is 5.85. The standard InChI is InChI=1S/C20H20S/c1-3-11-17(12-4-2)20(21,18-13-7-5-8-14-18)19-15-9-6-10-16-19/h3-16,21H,1H2,2H3/b12-4-,17-11+. The third-order valence-electron chi connectivity index (χ3n) is 3.44. The van der Waals surface area contributed by atoms with E-state index < -0.39 is 4.75 Å². The monoisotopic (exact) mass is 292 g/mol. The van der Waals surface area contributed by atoms with E-state index in [2.05, 4.69) is 36.9 Å². The molecule has 0 amide bonds. The van der Waals surface area contributed by atoms with Crippen LogP contribution in [-0.4, -0.2) is 0 Å². The van der Waals surface area contributed by atoms with Crippen LogP contribution in [0.25, 0.3) is 0 Å². The van der Waals surface area contributed by atoms with E-state index in [-0.39, 0.29) is 0 Å². The maximum atomic E-state index is 5.09. The smallest absolute Gasteiger partial charge is 0.0878 e. The van der Waals surface area contributed by atoms with Gasteiger partial charge in [0.15, 0.2) is 0 Å². The van der Waals surface area contributed by atoms with E-state index in [0.717, 1.165) is 16.7 Å². The molecule has 0 nitrogen and oxygen atoms in total. The Bertz CT molecular complexity index is 597. The Labute approximate surface area is 132 Å². The molecule has 2 aromatic rings. The second kappa shape index (κ2) is 7.14. The van der Waals surface area contributed by atoms with Gasteiger partial charge in [-0.05, 0) is 23.6 Å².